The third kappa shape index (κ3) is 8.02. The van der Waals surface area contributed by atoms with E-state index in [0.717, 1.165) is 24.2 Å². The number of carbonyl (C=O) groups is 3. The number of carbonyl (C=O) groups excluding carboxylic acids is 3. The summed E-state index contributed by atoms with van der Waals surface area (Å²) in [6, 6.07) is 19.3. The van der Waals surface area contributed by atoms with E-state index in [1.54, 1.807) is 53.4 Å². The van der Waals surface area contributed by atoms with Crippen LogP contribution in [0.3, 0.4) is 0 Å². The van der Waals surface area contributed by atoms with E-state index in [-0.39, 0.29) is 30.2 Å². The molecule has 0 radical (unpaired) electrons. The zero-order valence-corrected chi connectivity index (χ0v) is 25.0. The Bertz CT molecular complexity index is 1400. The fourth-order valence-electron chi connectivity index (χ4n) is 5.54. The van der Waals surface area contributed by atoms with Crippen LogP contribution in [0.4, 0.5) is 10.5 Å². The molecule has 3 atom stereocenters. The first kappa shape index (κ1) is 30.9. The monoisotopic (exact) mass is 592 g/mol. The van der Waals surface area contributed by atoms with Gasteiger partial charge in [-0.15, -0.1) is 0 Å². The van der Waals surface area contributed by atoms with Crippen molar-refractivity contribution in [3.63, 3.8) is 0 Å². The first-order valence-electron chi connectivity index (χ1n) is 14.1. The number of anilines is 1. The van der Waals surface area contributed by atoms with Gasteiger partial charge in [0.05, 0.1) is 26.2 Å². The van der Waals surface area contributed by atoms with Crippen LogP contribution in [-0.4, -0.2) is 70.6 Å². The molecule has 1 aliphatic rings. The van der Waals surface area contributed by atoms with E-state index < -0.39 is 18.0 Å². The molecule has 42 heavy (non-hydrogen) atoms. The number of phenolic OH excluding ortho intramolecular Hbond substituents is 1. The molecule has 0 bridgehead atoms. The number of benzene rings is 3. The average molecular weight is 593 g/mol. The Morgan fingerprint density at radius 3 is 2.21 bits per heavy atom. The lowest BCUT2D eigenvalue weighted by Crippen LogP contribution is -2.56. The van der Waals surface area contributed by atoms with E-state index in [9.17, 15) is 19.5 Å². The second-order valence-electron chi connectivity index (χ2n) is 11.6. The van der Waals surface area contributed by atoms with Crippen molar-refractivity contribution in [1.82, 2.24) is 10.2 Å². The Kier molecular flexibility index (Phi) is 9.75. The van der Waals surface area contributed by atoms with Crippen LogP contribution in [0.15, 0.2) is 72.8 Å². The first-order chi connectivity index (χ1) is 19.9. The average Bonchev–Trinajstić information content (AvgIpc) is 3.31. The maximum absolute atomic E-state index is 13.9. The molecule has 10 heteroatoms. The summed E-state index contributed by atoms with van der Waals surface area (Å²) in [7, 11) is 2.14. The third-order valence-electron chi connectivity index (χ3n) is 7.61. The van der Waals surface area contributed by atoms with Gasteiger partial charge >= 0.3 is 6.03 Å². The highest BCUT2D eigenvalue weighted by Gasteiger charge is 2.43. The van der Waals surface area contributed by atoms with Gasteiger partial charge in [0.25, 0.3) is 5.91 Å². The van der Waals surface area contributed by atoms with Crippen molar-refractivity contribution in [3.05, 3.63) is 94.5 Å². The molecular weight excluding hydrogens is 554 g/mol. The van der Waals surface area contributed by atoms with E-state index in [1.807, 2.05) is 38.1 Å². The Balaban J connectivity index is 1.58. The van der Waals surface area contributed by atoms with Crippen LogP contribution in [0, 0.1) is 0 Å². The maximum Gasteiger partial charge on any atom is 0.323 e. The highest BCUT2D eigenvalue weighted by Crippen LogP contribution is 2.28. The minimum atomic E-state index is -0.919. The fourth-order valence-corrected chi connectivity index (χ4v) is 5.67. The third-order valence-corrected chi connectivity index (χ3v) is 7.86. The molecule has 5 N–H and O–H groups in total. The molecule has 0 aliphatic carbocycles. The number of amides is 4. The molecule has 4 amide bonds. The second kappa shape index (κ2) is 13.3. The van der Waals surface area contributed by atoms with Gasteiger partial charge in [-0.3, -0.25) is 9.59 Å². The Labute approximate surface area is 251 Å². The van der Waals surface area contributed by atoms with Gasteiger partial charge in [-0.05, 0) is 67.9 Å². The van der Waals surface area contributed by atoms with Gasteiger partial charge in [-0.2, -0.15) is 0 Å². The molecule has 1 heterocycles. The minimum absolute atomic E-state index is 0.0000530. The lowest BCUT2D eigenvalue weighted by molar-refractivity contribution is -0.911. The number of hydrogen-bond donors (Lipinski definition) is 4. The smallest absolute Gasteiger partial charge is 0.323 e. The number of urea groups is 1. The Hall–Kier alpha value is -4.08. The first-order valence-corrected chi connectivity index (χ1v) is 14.5. The van der Waals surface area contributed by atoms with Crippen LogP contribution in [0.2, 0.25) is 5.02 Å². The molecular formula is C32H39ClN5O4+. The number of quaternary nitrogens is 1. The summed E-state index contributed by atoms with van der Waals surface area (Å²) < 4.78 is 0.681. The molecule has 9 nitrogen and oxygen atoms in total. The number of hydrogen-bond acceptors (Lipinski definition) is 4. The quantitative estimate of drug-likeness (QED) is 0.258. The standard InChI is InChI=1S/C32H38ClN5O4/c1-21(2)35-31(41)24-8-12-26(13-9-24)36-32(42)37(29(30(34)40)18-22-6-14-28(39)15-7-22)27-16-17-38(3,20-27)19-23-4-10-25(33)11-5-23/h4-15,21,27,29H,16-20H2,1-3H3,(H4-,34,35,36,39,40,41,42)/p+1/t27-,29+,38?/m1/s1. The number of halogens is 1. The molecule has 1 aliphatic heterocycles. The van der Waals surface area contributed by atoms with Crippen molar-refractivity contribution >= 4 is 35.1 Å². The van der Waals surface area contributed by atoms with E-state index in [0.29, 0.717) is 33.7 Å². The lowest BCUT2D eigenvalue weighted by atomic mass is 10.0. The van der Waals surface area contributed by atoms with Crippen molar-refractivity contribution in [2.75, 3.05) is 25.5 Å². The lowest BCUT2D eigenvalue weighted by Gasteiger charge is -2.36. The van der Waals surface area contributed by atoms with E-state index in [4.69, 9.17) is 17.3 Å². The van der Waals surface area contributed by atoms with Crippen LogP contribution in [0.1, 0.15) is 41.8 Å². The van der Waals surface area contributed by atoms with Gasteiger partial charge < -0.3 is 30.9 Å². The largest absolute Gasteiger partial charge is 0.508 e. The van der Waals surface area contributed by atoms with Gasteiger partial charge in [-0.25, -0.2) is 4.79 Å². The highest BCUT2D eigenvalue weighted by molar-refractivity contribution is 6.30. The van der Waals surface area contributed by atoms with Crippen LogP contribution in [0.5, 0.6) is 5.75 Å². The molecule has 4 rings (SSSR count). The van der Waals surface area contributed by atoms with Crippen molar-refractivity contribution in [2.45, 2.75) is 51.4 Å². The summed E-state index contributed by atoms with van der Waals surface area (Å²) >= 11 is 6.08. The normalized spacial score (nSPS) is 18.8. The molecule has 1 saturated heterocycles. The number of nitrogens with two attached hydrogens (primary N) is 1. The van der Waals surface area contributed by atoms with Gasteiger partial charge in [0.15, 0.2) is 0 Å². The van der Waals surface area contributed by atoms with Crippen LogP contribution in [0.25, 0.3) is 0 Å². The summed E-state index contributed by atoms with van der Waals surface area (Å²) in [5.41, 5.74) is 8.82. The minimum Gasteiger partial charge on any atom is -0.508 e. The van der Waals surface area contributed by atoms with Crippen LogP contribution >= 0.6 is 11.6 Å². The predicted octanol–water partition coefficient (Wildman–Crippen LogP) is 4.53. The number of likely N-dealkylation sites (tertiary alicyclic amines) is 1. The van der Waals surface area contributed by atoms with Crippen LogP contribution < -0.4 is 16.4 Å². The van der Waals surface area contributed by atoms with E-state index >= 15 is 0 Å². The number of phenols is 1. The number of primary amides is 1. The van der Waals surface area contributed by atoms with Crippen LogP contribution in [-0.2, 0) is 17.8 Å². The molecule has 0 aromatic heterocycles. The topological polar surface area (TPSA) is 125 Å². The number of nitrogens with one attached hydrogen (secondary N) is 2. The molecule has 3 aromatic rings. The fraction of sp³-hybridized carbons (Fsp3) is 0.344. The van der Waals surface area contributed by atoms with Crippen molar-refractivity contribution < 1.29 is 24.0 Å². The number of rotatable bonds is 10. The molecule has 3 aromatic carbocycles. The Morgan fingerprint density at radius 2 is 1.62 bits per heavy atom. The maximum atomic E-state index is 13.9. The molecule has 222 valence electrons. The molecule has 0 saturated carbocycles. The van der Waals surface area contributed by atoms with E-state index in [1.165, 1.54) is 0 Å². The van der Waals surface area contributed by atoms with Gasteiger partial charge in [-0.1, -0.05) is 35.9 Å². The number of nitrogens with zero attached hydrogens (tertiary/aromatic N) is 2. The van der Waals surface area contributed by atoms with Crippen molar-refractivity contribution in [2.24, 2.45) is 5.73 Å². The summed E-state index contributed by atoms with van der Waals surface area (Å²) in [4.78, 5) is 40.8. The molecule has 1 unspecified atom stereocenters. The summed E-state index contributed by atoms with van der Waals surface area (Å²) in [5, 5.41) is 16.2. The zero-order valence-electron chi connectivity index (χ0n) is 24.2. The molecule has 1 fully saturated rings. The summed E-state index contributed by atoms with van der Waals surface area (Å²) in [6.07, 6.45) is 0.889. The van der Waals surface area contributed by atoms with Gasteiger partial charge in [0.2, 0.25) is 5.91 Å². The van der Waals surface area contributed by atoms with Crippen molar-refractivity contribution in [3.8, 4) is 5.75 Å². The Morgan fingerprint density at radius 1 is 1.00 bits per heavy atom. The SMILES string of the molecule is CC(C)NC(=O)c1ccc(NC(=O)N([C@@H]2CC[N+](C)(Cc3ccc(Cl)cc3)C2)[C@@H](Cc2ccc(O)cc2)C(N)=O)cc1. The van der Waals surface area contributed by atoms with E-state index in [2.05, 4.69) is 17.7 Å². The zero-order chi connectivity index (χ0) is 30.4. The second-order valence-corrected chi connectivity index (χ2v) is 12.0. The summed E-state index contributed by atoms with van der Waals surface area (Å²) in [5.74, 6) is -0.700. The van der Waals surface area contributed by atoms with Gasteiger partial charge in [0, 0.05) is 40.7 Å². The number of aromatic hydroxyl groups is 1. The predicted molar refractivity (Wildman–Crippen MR) is 164 cm³/mol. The molecule has 0 spiro atoms. The van der Waals surface area contributed by atoms with Gasteiger partial charge in [0.1, 0.15) is 18.3 Å². The van der Waals surface area contributed by atoms with Crippen molar-refractivity contribution in [1.29, 1.82) is 0 Å². The highest BCUT2D eigenvalue weighted by atomic mass is 35.5. The summed E-state index contributed by atoms with van der Waals surface area (Å²) in [6.45, 7) is 5.96. The number of likely N-dealkylation sites (N-methyl/N-ethyl adjacent to an activating group) is 1.